The van der Waals surface area contributed by atoms with Gasteiger partial charge >= 0.3 is 0 Å². The summed E-state index contributed by atoms with van der Waals surface area (Å²) in [6.45, 7) is 4.48. The van der Waals surface area contributed by atoms with E-state index < -0.39 is 0 Å². The predicted molar refractivity (Wildman–Crippen MR) is 82.8 cm³/mol. The van der Waals surface area contributed by atoms with Crippen molar-refractivity contribution in [2.24, 2.45) is 5.73 Å². The van der Waals surface area contributed by atoms with Gasteiger partial charge in [-0.05, 0) is 31.5 Å². The summed E-state index contributed by atoms with van der Waals surface area (Å²) in [6.07, 6.45) is 0. The number of hydrogen-bond acceptors (Lipinski definition) is 3. The topological polar surface area (TPSA) is 75.4 Å². The highest BCUT2D eigenvalue weighted by molar-refractivity contribution is 5.98. The molecule has 0 aliphatic carbocycles. The van der Waals surface area contributed by atoms with E-state index in [-0.39, 0.29) is 24.9 Å². The van der Waals surface area contributed by atoms with Gasteiger partial charge in [0.15, 0.2) is 0 Å². The number of benzene rings is 1. The highest BCUT2D eigenvalue weighted by Gasteiger charge is 2.18. The molecule has 1 aromatic rings. The van der Waals surface area contributed by atoms with Crippen molar-refractivity contribution < 1.29 is 9.59 Å². The molecule has 21 heavy (non-hydrogen) atoms. The number of aryl methyl sites for hydroxylation is 1. The number of rotatable bonds is 4. The van der Waals surface area contributed by atoms with E-state index in [9.17, 15) is 9.59 Å². The molecule has 112 valence electrons. The average molecular weight is 287 g/mol. The Labute approximate surface area is 125 Å². The van der Waals surface area contributed by atoms with Crippen LogP contribution in [0.1, 0.15) is 28.4 Å². The zero-order chi connectivity index (χ0) is 15.8. The Kier molecular flexibility index (Phi) is 6.44. The Morgan fingerprint density at radius 3 is 2.67 bits per heavy atom. The highest BCUT2D eigenvalue weighted by Crippen LogP contribution is 2.13. The van der Waals surface area contributed by atoms with Crippen LogP contribution in [0.4, 0.5) is 0 Å². The molecule has 0 fully saturated rings. The zero-order valence-corrected chi connectivity index (χ0v) is 12.7. The number of nitrogens with one attached hydrogen (secondary N) is 1. The van der Waals surface area contributed by atoms with Crippen molar-refractivity contribution in [3.63, 3.8) is 0 Å². The van der Waals surface area contributed by atoms with Crippen LogP contribution in [0.15, 0.2) is 18.2 Å². The summed E-state index contributed by atoms with van der Waals surface area (Å²) in [5, 5.41) is 2.52. The normalized spacial score (nSPS) is 9.52. The van der Waals surface area contributed by atoms with Crippen molar-refractivity contribution >= 4 is 11.8 Å². The number of hydrogen-bond donors (Lipinski definition) is 2. The Morgan fingerprint density at radius 1 is 1.38 bits per heavy atom. The van der Waals surface area contributed by atoms with Gasteiger partial charge in [-0.15, -0.1) is 0 Å². The van der Waals surface area contributed by atoms with Crippen molar-refractivity contribution in [3.05, 3.63) is 34.9 Å². The predicted octanol–water partition coefficient (Wildman–Crippen LogP) is 0.513. The van der Waals surface area contributed by atoms with Crippen LogP contribution in [0.3, 0.4) is 0 Å². The van der Waals surface area contributed by atoms with E-state index in [2.05, 4.69) is 17.2 Å². The summed E-state index contributed by atoms with van der Waals surface area (Å²) in [7, 11) is 1.55. The standard InChI is InChI=1S/C16H21N3O2/c1-4-19(11-15(20)18-3)16(21)14-10-13(6-5-9-17)8-7-12(14)2/h7-8,10H,4,9,11,17H2,1-3H3,(H,18,20). The molecule has 0 aliphatic rings. The maximum Gasteiger partial charge on any atom is 0.254 e. The smallest absolute Gasteiger partial charge is 0.254 e. The molecule has 0 aromatic heterocycles. The summed E-state index contributed by atoms with van der Waals surface area (Å²) < 4.78 is 0. The van der Waals surface area contributed by atoms with Gasteiger partial charge in [-0.2, -0.15) is 0 Å². The number of amides is 2. The van der Waals surface area contributed by atoms with Gasteiger partial charge in [0.25, 0.3) is 5.91 Å². The minimum Gasteiger partial charge on any atom is -0.358 e. The van der Waals surface area contributed by atoms with Crippen LogP contribution >= 0.6 is 0 Å². The van der Waals surface area contributed by atoms with Gasteiger partial charge in [0.05, 0.1) is 13.1 Å². The van der Waals surface area contributed by atoms with E-state index in [4.69, 9.17) is 5.73 Å². The van der Waals surface area contributed by atoms with Gasteiger partial charge in [-0.1, -0.05) is 17.9 Å². The molecule has 0 heterocycles. The Bertz CT molecular complexity index is 585. The number of nitrogens with two attached hydrogens (primary N) is 1. The molecular weight excluding hydrogens is 266 g/mol. The average Bonchev–Trinajstić information content (AvgIpc) is 2.50. The first-order valence-corrected chi connectivity index (χ1v) is 6.82. The molecule has 0 atom stereocenters. The Morgan fingerprint density at radius 2 is 2.10 bits per heavy atom. The van der Waals surface area contributed by atoms with Crippen LogP contribution in [0.5, 0.6) is 0 Å². The third-order valence-corrected chi connectivity index (χ3v) is 3.09. The maximum atomic E-state index is 12.5. The first kappa shape index (κ1) is 16.7. The first-order chi connectivity index (χ1) is 10.0. The van der Waals surface area contributed by atoms with Gasteiger partial charge in [-0.3, -0.25) is 9.59 Å². The second kappa shape index (κ2) is 8.08. The van der Waals surface area contributed by atoms with Crippen molar-refractivity contribution in [3.8, 4) is 11.8 Å². The summed E-state index contributed by atoms with van der Waals surface area (Å²) in [6, 6.07) is 5.44. The molecule has 0 saturated heterocycles. The number of carbonyl (C=O) groups is 2. The quantitative estimate of drug-likeness (QED) is 0.792. The van der Waals surface area contributed by atoms with Crippen LogP contribution in [0.25, 0.3) is 0 Å². The zero-order valence-electron chi connectivity index (χ0n) is 12.7. The summed E-state index contributed by atoms with van der Waals surface area (Å²) in [4.78, 5) is 25.5. The fraction of sp³-hybridized carbons (Fsp3) is 0.375. The van der Waals surface area contributed by atoms with E-state index in [1.54, 1.807) is 13.1 Å². The molecule has 1 rings (SSSR count). The van der Waals surface area contributed by atoms with Gasteiger partial charge in [0.1, 0.15) is 0 Å². The number of nitrogens with zero attached hydrogens (tertiary/aromatic N) is 1. The molecule has 0 aliphatic heterocycles. The molecule has 5 heteroatoms. The summed E-state index contributed by atoms with van der Waals surface area (Å²) in [5.74, 6) is 5.31. The van der Waals surface area contributed by atoms with Gasteiger partial charge in [0.2, 0.25) is 5.91 Å². The number of carbonyl (C=O) groups excluding carboxylic acids is 2. The van der Waals surface area contributed by atoms with Crippen molar-refractivity contribution in [1.29, 1.82) is 0 Å². The van der Waals surface area contributed by atoms with Crippen molar-refractivity contribution in [2.45, 2.75) is 13.8 Å². The number of likely N-dealkylation sites (N-methyl/N-ethyl adjacent to an activating group) is 2. The molecule has 0 spiro atoms. The van der Waals surface area contributed by atoms with Crippen LogP contribution in [0.2, 0.25) is 0 Å². The molecule has 5 nitrogen and oxygen atoms in total. The van der Waals surface area contributed by atoms with Gasteiger partial charge < -0.3 is 16.0 Å². The third-order valence-electron chi connectivity index (χ3n) is 3.09. The summed E-state index contributed by atoms with van der Waals surface area (Å²) >= 11 is 0. The molecule has 2 amide bonds. The summed E-state index contributed by atoms with van der Waals surface area (Å²) in [5.41, 5.74) is 7.51. The molecule has 0 bridgehead atoms. The van der Waals surface area contributed by atoms with E-state index in [1.807, 2.05) is 26.0 Å². The van der Waals surface area contributed by atoms with Crippen LogP contribution < -0.4 is 11.1 Å². The Balaban J connectivity index is 3.06. The fourth-order valence-electron chi connectivity index (χ4n) is 1.83. The minimum absolute atomic E-state index is 0.0456. The van der Waals surface area contributed by atoms with Gasteiger partial charge in [0, 0.05) is 24.7 Å². The molecular formula is C16H21N3O2. The van der Waals surface area contributed by atoms with Crippen molar-refractivity contribution in [1.82, 2.24) is 10.2 Å². The second-order valence-electron chi connectivity index (χ2n) is 4.53. The van der Waals surface area contributed by atoms with E-state index in [0.717, 1.165) is 11.1 Å². The lowest BCUT2D eigenvalue weighted by molar-refractivity contribution is -0.121. The fourth-order valence-corrected chi connectivity index (χ4v) is 1.83. The van der Waals surface area contributed by atoms with Crippen LogP contribution in [-0.2, 0) is 4.79 Å². The lowest BCUT2D eigenvalue weighted by Gasteiger charge is -2.21. The first-order valence-electron chi connectivity index (χ1n) is 6.82. The van der Waals surface area contributed by atoms with E-state index in [1.165, 1.54) is 4.90 Å². The van der Waals surface area contributed by atoms with E-state index >= 15 is 0 Å². The van der Waals surface area contributed by atoms with Crippen LogP contribution in [0, 0.1) is 18.8 Å². The monoisotopic (exact) mass is 287 g/mol. The third kappa shape index (κ3) is 4.62. The Hall–Kier alpha value is -2.32. The largest absolute Gasteiger partial charge is 0.358 e. The minimum atomic E-state index is -0.193. The van der Waals surface area contributed by atoms with Crippen molar-refractivity contribution in [2.75, 3.05) is 26.7 Å². The van der Waals surface area contributed by atoms with Gasteiger partial charge in [-0.25, -0.2) is 0 Å². The molecule has 0 radical (unpaired) electrons. The lowest BCUT2D eigenvalue weighted by atomic mass is 10.0. The molecule has 1 aromatic carbocycles. The highest BCUT2D eigenvalue weighted by atomic mass is 16.2. The van der Waals surface area contributed by atoms with Crippen LogP contribution in [-0.4, -0.2) is 43.4 Å². The lowest BCUT2D eigenvalue weighted by Crippen LogP contribution is -2.39. The second-order valence-corrected chi connectivity index (χ2v) is 4.53. The molecule has 0 unspecified atom stereocenters. The van der Waals surface area contributed by atoms with E-state index in [0.29, 0.717) is 12.1 Å². The maximum absolute atomic E-state index is 12.5. The molecule has 0 saturated carbocycles. The SMILES string of the molecule is CCN(CC(=O)NC)C(=O)c1cc(C#CCN)ccc1C. The molecule has 3 N–H and O–H groups in total.